The first kappa shape index (κ1) is 40.8. The van der Waals surface area contributed by atoms with Crippen molar-refractivity contribution in [1.82, 2.24) is 9.21 Å². The Labute approximate surface area is 317 Å². The van der Waals surface area contributed by atoms with Gasteiger partial charge >= 0.3 is 6.09 Å². The third kappa shape index (κ3) is 10.2. The molecule has 290 valence electrons. The van der Waals surface area contributed by atoms with E-state index in [0.29, 0.717) is 29.5 Å². The van der Waals surface area contributed by atoms with E-state index in [1.165, 1.54) is 39.5 Å². The molecule has 2 saturated heterocycles. The summed E-state index contributed by atoms with van der Waals surface area (Å²) in [5.74, 6) is -4.50. The van der Waals surface area contributed by atoms with Gasteiger partial charge in [0.05, 0.1) is 31.1 Å². The molecule has 0 aliphatic carbocycles. The van der Waals surface area contributed by atoms with Crippen LogP contribution in [0.15, 0.2) is 65.8 Å². The zero-order chi connectivity index (χ0) is 39.4. The SMILES string of the molecule is CC(C)(C)OC(=O)N1C[C@@H](CCc2c(F)cccc2NC(=O)C(N=[N+]=[N-])[C@@H](c2ccc(Cl)cc2)c2cc(F)cc(F)c2)OC2(CCN(S(C)(=O)=O)CC2)C1. The first-order valence-corrected chi connectivity index (χ1v) is 19.5. The van der Waals surface area contributed by atoms with E-state index >= 15 is 4.39 Å². The van der Waals surface area contributed by atoms with Crippen molar-refractivity contribution in [2.24, 2.45) is 5.11 Å². The van der Waals surface area contributed by atoms with Gasteiger partial charge in [-0.1, -0.05) is 34.9 Å². The van der Waals surface area contributed by atoms with Gasteiger partial charge in [0, 0.05) is 46.3 Å². The monoisotopic (exact) mass is 790 g/mol. The lowest BCUT2D eigenvalue weighted by Crippen LogP contribution is -2.61. The van der Waals surface area contributed by atoms with Crippen LogP contribution in [0.2, 0.25) is 5.02 Å². The molecule has 17 heteroatoms. The summed E-state index contributed by atoms with van der Waals surface area (Å²) in [4.78, 5) is 31.7. The van der Waals surface area contributed by atoms with Crippen molar-refractivity contribution >= 4 is 39.3 Å². The zero-order valence-corrected chi connectivity index (χ0v) is 31.8. The van der Waals surface area contributed by atoms with Crippen LogP contribution >= 0.6 is 11.6 Å². The number of carbonyl (C=O) groups excluding carboxylic acids is 2. The van der Waals surface area contributed by atoms with Gasteiger partial charge in [-0.3, -0.25) is 4.79 Å². The molecule has 3 aromatic rings. The molecule has 2 amide bonds. The number of hydrogen-bond acceptors (Lipinski definition) is 7. The Balaban J connectivity index is 1.41. The number of carbonyl (C=O) groups is 2. The number of ether oxygens (including phenoxy) is 2. The Morgan fingerprint density at radius 1 is 1.07 bits per heavy atom. The van der Waals surface area contributed by atoms with Crippen molar-refractivity contribution < 1.29 is 40.7 Å². The van der Waals surface area contributed by atoms with E-state index in [2.05, 4.69) is 15.3 Å². The lowest BCUT2D eigenvalue weighted by Gasteiger charge is -2.49. The highest BCUT2D eigenvalue weighted by atomic mass is 35.5. The summed E-state index contributed by atoms with van der Waals surface area (Å²) in [6.45, 7) is 5.94. The van der Waals surface area contributed by atoms with Crippen molar-refractivity contribution in [3.63, 3.8) is 0 Å². The first-order chi connectivity index (χ1) is 25.4. The van der Waals surface area contributed by atoms with E-state index in [1.54, 1.807) is 32.9 Å². The summed E-state index contributed by atoms with van der Waals surface area (Å²) in [5, 5.41) is 6.76. The highest BCUT2D eigenvalue weighted by Crippen LogP contribution is 2.37. The maximum atomic E-state index is 15.6. The van der Waals surface area contributed by atoms with Gasteiger partial charge in [0.1, 0.15) is 29.1 Å². The molecular formula is C37H42ClF3N6O6S. The second-order valence-corrected chi connectivity index (χ2v) is 17.0. The third-order valence-electron chi connectivity index (χ3n) is 9.40. The third-order valence-corrected chi connectivity index (χ3v) is 11.0. The number of piperidine rings is 1. The lowest BCUT2D eigenvalue weighted by atomic mass is 9.84. The molecule has 54 heavy (non-hydrogen) atoms. The van der Waals surface area contributed by atoms with Crippen molar-refractivity contribution in [2.75, 3.05) is 37.8 Å². The van der Waals surface area contributed by atoms with Crippen LogP contribution < -0.4 is 5.32 Å². The van der Waals surface area contributed by atoms with Crippen molar-refractivity contribution in [1.29, 1.82) is 0 Å². The Morgan fingerprint density at radius 2 is 1.72 bits per heavy atom. The molecule has 0 aromatic heterocycles. The van der Waals surface area contributed by atoms with Crippen LogP contribution in [0.1, 0.15) is 62.6 Å². The summed E-state index contributed by atoms with van der Waals surface area (Å²) in [5.41, 5.74) is 8.43. The van der Waals surface area contributed by atoms with Crippen molar-refractivity contribution in [3.05, 3.63) is 110 Å². The molecule has 0 saturated carbocycles. The Kier molecular flexibility index (Phi) is 12.5. The number of anilines is 1. The fourth-order valence-corrected chi connectivity index (χ4v) is 7.93. The first-order valence-electron chi connectivity index (χ1n) is 17.3. The van der Waals surface area contributed by atoms with E-state index in [4.69, 9.17) is 21.1 Å². The number of morpholine rings is 1. The minimum absolute atomic E-state index is 0.0159. The van der Waals surface area contributed by atoms with Gasteiger partial charge in [-0.25, -0.2) is 30.7 Å². The average Bonchev–Trinajstić information content (AvgIpc) is 3.07. The molecule has 1 unspecified atom stereocenters. The number of hydrogen-bond donors (Lipinski definition) is 1. The maximum absolute atomic E-state index is 15.6. The van der Waals surface area contributed by atoms with E-state index in [0.717, 1.165) is 18.4 Å². The summed E-state index contributed by atoms with van der Waals surface area (Å²) in [7, 11) is -3.44. The fraction of sp³-hybridized carbons (Fsp3) is 0.459. The number of amides is 2. The number of nitrogens with one attached hydrogen (secondary N) is 1. The summed E-state index contributed by atoms with van der Waals surface area (Å²) >= 11 is 6.08. The average molecular weight is 791 g/mol. The van der Waals surface area contributed by atoms with E-state index in [-0.39, 0.29) is 55.8 Å². The van der Waals surface area contributed by atoms with Crippen LogP contribution in [0.3, 0.4) is 0 Å². The van der Waals surface area contributed by atoms with Gasteiger partial charge in [0.25, 0.3) is 0 Å². The number of azide groups is 1. The fourth-order valence-electron chi connectivity index (χ4n) is 6.95. The van der Waals surface area contributed by atoms with Crippen LogP contribution in [0, 0.1) is 17.5 Å². The second kappa shape index (κ2) is 16.6. The van der Waals surface area contributed by atoms with E-state index in [9.17, 15) is 32.3 Å². The van der Waals surface area contributed by atoms with Gasteiger partial charge in [-0.15, -0.1) is 0 Å². The molecule has 1 spiro atoms. The molecule has 2 heterocycles. The number of rotatable bonds is 10. The predicted octanol–water partition coefficient (Wildman–Crippen LogP) is 7.57. The van der Waals surface area contributed by atoms with Crippen molar-refractivity contribution in [2.45, 2.75) is 75.7 Å². The summed E-state index contributed by atoms with van der Waals surface area (Å²) in [6, 6.07) is 11.4. The van der Waals surface area contributed by atoms with Gasteiger partial charge in [0.2, 0.25) is 15.9 Å². The second-order valence-electron chi connectivity index (χ2n) is 14.6. The summed E-state index contributed by atoms with van der Waals surface area (Å²) in [6.07, 6.45) is 0.827. The summed E-state index contributed by atoms with van der Waals surface area (Å²) < 4.78 is 82.6. The van der Waals surface area contributed by atoms with Crippen LogP contribution in [0.25, 0.3) is 10.4 Å². The normalized spacial score (nSPS) is 18.7. The zero-order valence-electron chi connectivity index (χ0n) is 30.3. The molecule has 0 radical (unpaired) electrons. The van der Waals surface area contributed by atoms with Crippen LogP contribution in [0.5, 0.6) is 0 Å². The largest absolute Gasteiger partial charge is 0.444 e. The molecule has 5 rings (SSSR count). The lowest BCUT2D eigenvalue weighted by molar-refractivity contribution is -0.169. The van der Waals surface area contributed by atoms with Crippen LogP contribution in [0.4, 0.5) is 23.7 Å². The Morgan fingerprint density at radius 3 is 2.31 bits per heavy atom. The van der Waals surface area contributed by atoms with Gasteiger partial charge < -0.3 is 19.7 Å². The molecule has 3 aromatic carbocycles. The highest BCUT2D eigenvalue weighted by molar-refractivity contribution is 7.88. The number of benzene rings is 3. The maximum Gasteiger partial charge on any atom is 0.410 e. The number of nitrogens with zero attached hydrogens (tertiary/aromatic N) is 5. The highest BCUT2D eigenvalue weighted by Gasteiger charge is 2.46. The van der Waals surface area contributed by atoms with Crippen molar-refractivity contribution in [3.8, 4) is 0 Å². The molecule has 0 bridgehead atoms. The predicted molar refractivity (Wildman–Crippen MR) is 197 cm³/mol. The minimum Gasteiger partial charge on any atom is -0.444 e. The molecule has 2 aliphatic rings. The quantitative estimate of drug-likeness (QED) is 0.127. The minimum atomic E-state index is -3.44. The molecular weight excluding hydrogens is 749 g/mol. The molecule has 1 N–H and O–H groups in total. The van der Waals surface area contributed by atoms with Crippen LogP contribution in [-0.4, -0.2) is 85.4 Å². The Bertz CT molecular complexity index is 2000. The smallest absolute Gasteiger partial charge is 0.410 e. The number of halogens is 4. The molecule has 12 nitrogen and oxygen atoms in total. The topological polar surface area (TPSA) is 154 Å². The molecule has 2 aliphatic heterocycles. The van der Waals surface area contributed by atoms with Gasteiger partial charge in [0.15, 0.2) is 0 Å². The van der Waals surface area contributed by atoms with Gasteiger partial charge in [-0.05, 0) is 99.5 Å². The molecule has 2 fully saturated rings. The Hall–Kier alpha value is -4.34. The molecule has 3 atom stereocenters. The van der Waals surface area contributed by atoms with Gasteiger partial charge in [-0.2, -0.15) is 0 Å². The van der Waals surface area contributed by atoms with Crippen LogP contribution in [-0.2, 0) is 30.7 Å². The number of sulfonamides is 1. The van der Waals surface area contributed by atoms with E-state index < -0.39 is 68.7 Å². The van der Waals surface area contributed by atoms with E-state index in [1.807, 2.05) is 0 Å². The standard InChI is InChI=1S/C37H42ClF3N6O6S/c1-36(2,3)53-35(49)46-21-28(52-37(22-46)14-16-47(17-15-37)54(4,50)51)12-13-29-30(41)6-5-7-31(29)43-34(48)33(44-45-42)32(23-8-10-25(38)11-9-23)24-18-26(39)20-27(40)19-24/h5-11,18-20,28,32-33H,12-17,21-22H2,1-4H3,(H,43,48)/t28-,32+,33?/m1/s1.